The van der Waals surface area contributed by atoms with Gasteiger partial charge in [0.1, 0.15) is 12.9 Å². The first kappa shape index (κ1) is 16.0. The van der Waals surface area contributed by atoms with Gasteiger partial charge in [0.2, 0.25) is 0 Å². The first-order chi connectivity index (χ1) is 8.60. The van der Waals surface area contributed by atoms with Crippen LogP contribution in [0.25, 0.3) is 0 Å². The SMILES string of the molecule is CN(C)C(C)(C)COc1nc(CNC(C)(C)C)co1. The van der Waals surface area contributed by atoms with E-state index in [4.69, 9.17) is 9.15 Å². The van der Waals surface area contributed by atoms with Crippen molar-refractivity contribution in [2.45, 2.75) is 52.2 Å². The summed E-state index contributed by atoms with van der Waals surface area (Å²) in [5, 5.41) is 3.36. The highest BCUT2D eigenvalue weighted by Gasteiger charge is 2.22. The number of ether oxygens (including phenoxy) is 1. The van der Waals surface area contributed by atoms with Crippen LogP contribution in [0.1, 0.15) is 40.3 Å². The molecule has 1 rings (SSSR count). The molecular weight excluding hydrogens is 242 g/mol. The minimum atomic E-state index is -0.0572. The molecule has 5 nitrogen and oxygen atoms in total. The maximum absolute atomic E-state index is 5.60. The first-order valence-electron chi connectivity index (χ1n) is 6.60. The number of oxazole rings is 1. The number of aromatic nitrogens is 1. The number of rotatable bonds is 6. The van der Waals surface area contributed by atoms with Crippen LogP contribution in [-0.4, -0.2) is 41.7 Å². The molecule has 110 valence electrons. The quantitative estimate of drug-likeness (QED) is 0.858. The van der Waals surface area contributed by atoms with Gasteiger partial charge in [-0.3, -0.25) is 0 Å². The third kappa shape index (κ3) is 5.61. The van der Waals surface area contributed by atoms with Crippen LogP contribution in [0.3, 0.4) is 0 Å². The molecule has 1 heterocycles. The first-order valence-corrected chi connectivity index (χ1v) is 6.60. The Kier molecular flexibility index (Phi) is 4.98. The Bertz CT molecular complexity index is 392. The molecule has 0 saturated heterocycles. The third-order valence-corrected chi connectivity index (χ3v) is 3.09. The fourth-order valence-corrected chi connectivity index (χ4v) is 1.16. The monoisotopic (exact) mass is 269 g/mol. The normalized spacial score (nSPS) is 13.1. The maximum Gasteiger partial charge on any atom is 0.393 e. The molecule has 0 aliphatic carbocycles. The van der Waals surface area contributed by atoms with Crippen LogP contribution in [0.2, 0.25) is 0 Å². The Labute approximate surface area is 116 Å². The summed E-state index contributed by atoms with van der Waals surface area (Å²) in [6, 6.07) is 0. The van der Waals surface area contributed by atoms with Gasteiger partial charge >= 0.3 is 6.08 Å². The number of nitrogens with zero attached hydrogens (tertiary/aromatic N) is 2. The lowest BCUT2D eigenvalue weighted by Gasteiger charge is -2.31. The number of hydrogen-bond donors (Lipinski definition) is 1. The third-order valence-electron chi connectivity index (χ3n) is 3.09. The second-order valence-electron chi connectivity index (χ2n) is 6.70. The largest absolute Gasteiger partial charge is 0.448 e. The van der Waals surface area contributed by atoms with Gasteiger partial charge in [0.15, 0.2) is 0 Å². The molecule has 0 unspecified atom stereocenters. The molecule has 1 N–H and O–H groups in total. The van der Waals surface area contributed by atoms with E-state index in [2.05, 4.69) is 49.8 Å². The van der Waals surface area contributed by atoms with Crippen molar-refractivity contribution in [3.8, 4) is 6.08 Å². The average Bonchev–Trinajstić information content (AvgIpc) is 2.70. The molecule has 1 aromatic rings. The van der Waals surface area contributed by atoms with Gasteiger partial charge in [0.05, 0.1) is 5.69 Å². The molecule has 0 fully saturated rings. The number of likely N-dealkylation sites (N-methyl/N-ethyl adjacent to an activating group) is 1. The summed E-state index contributed by atoms with van der Waals surface area (Å²) in [4.78, 5) is 6.41. The standard InChI is InChI=1S/C14H27N3O2/c1-13(2,3)15-8-11-9-18-12(16-11)19-10-14(4,5)17(6)7/h9,15H,8,10H2,1-7H3. The Hall–Kier alpha value is -1.07. The highest BCUT2D eigenvalue weighted by Crippen LogP contribution is 2.15. The molecule has 0 aromatic carbocycles. The van der Waals surface area contributed by atoms with Crippen LogP contribution in [0.5, 0.6) is 6.08 Å². The summed E-state index contributed by atoms with van der Waals surface area (Å²) in [7, 11) is 4.05. The molecule has 0 aliphatic rings. The molecule has 19 heavy (non-hydrogen) atoms. The molecule has 0 radical (unpaired) electrons. The van der Waals surface area contributed by atoms with Crippen molar-refractivity contribution >= 4 is 0 Å². The summed E-state index contributed by atoms with van der Waals surface area (Å²) in [5.74, 6) is 0. The van der Waals surface area contributed by atoms with Gasteiger partial charge in [-0.25, -0.2) is 0 Å². The van der Waals surface area contributed by atoms with Crippen LogP contribution >= 0.6 is 0 Å². The van der Waals surface area contributed by atoms with Crippen molar-refractivity contribution in [1.82, 2.24) is 15.2 Å². The van der Waals surface area contributed by atoms with Gasteiger partial charge < -0.3 is 19.4 Å². The summed E-state index contributed by atoms with van der Waals surface area (Å²) in [5.41, 5.74) is 0.859. The Morgan fingerprint density at radius 2 is 1.89 bits per heavy atom. The van der Waals surface area contributed by atoms with Crippen molar-refractivity contribution in [2.75, 3.05) is 20.7 Å². The Balaban J connectivity index is 2.47. The summed E-state index contributed by atoms with van der Waals surface area (Å²) in [6.07, 6.45) is 1.97. The van der Waals surface area contributed by atoms with E-state index in [9.17, 15) is 0 Å². The van der Waals surface area contributed by atoms with E-state index >= 15 is 0 Å². The molecule has 0 atom stereocenters. The van der Waals surface area contributed by atoms with Crippen molar-refractivity contribution in [2.24, 2.45) is 0 Å². The van der Waals surface area contributed by atoms with Crippen LogP contribution in [0.4, 0.5) is 0 Å². The van der Waals surface area contributed by atoms with Crippen molar-refractivity contribution in [3.05, 3.63) is 12.0 Å². The van der Waals surface area contributed by atoms with Gasteiger partial charge in [-0.05, 0) is 48.7 Å². The van der Waals surface area contributed by atoms with Gasteiger partial charge in [-0.15, -0.1) is 0 Å². The lowest BCUT2D eigenvalue weighted by Crippen LogP contribution is -2.43. The van der Waals surface area contributed by atoms with E-state index in [0.717, 1.165) is 5.69 Å². The summed E-state index contributed by atoms with van der Waals surface area (Å²) >= 11 is 0. The van der Waals surface area contributed by atoms with E-state index in [0.29, 0.717) is 19.2 Å². The van der Waals surface area contributed by atoms with Crippen LogP contribution in [0.15, 0.2) is 10.7 Å². The molecule has 5 heteroatoms. The van der Waals surface area contributed by atoms with Crippen LogP contribution in [-0.2, 0) is 6.54 Å². The lowest BCUT2D eigenvalue weighted by molar-refractivity contribution is 0.0928. The predicted octanol–water partition coefficient (Wildman–Crippen LogP) is 2.28. The lowest BCUT2D eigenvalue weighted by atomic mass is 10.1. The van der Waals surface area contributed by atoms with Crippen LogP contribution in [0, 0.1) is 0 Å². The van der Waals surface area contributed by atoms with Crippen LogP contribution < -0.4 is 10.1 Å². The summed E-state index contributed by atoms with van der Waals surface area (Å²) in [6.45, 7) is 11.8. The Morgan fingerprint density at radius 3 is 2.42 bits per heavy atom. The molecule has 0 aliphatic heterocycles. The van der Waals surface area contributed by atoms with Crippen molar-refractivity contribution in [3.63, 3.8) is 0 Å². The average molecular weight is 269 g/mol. The molecule has 1 aromatic heterocycles. The second kappa shape index (κ2) is 5.92. The van der Waals surface area contributed by atoms with Gasteiger partial charge in [-0.2, -0.15) is 4.98 Å². The smallest absolute Gasteiger partial charge is 0.393 e. The maximum atomic E-state index is 5.60. The van der Waals surface area contributed by atoms with E-state index in [1.165, 1.54) is 0 Å². The van der Waals surface area contributed by atoms with E-state index in [-0.39, 0.29) is 11.1 Å². The van der Waals surface area contributed by atoms with E-state index < -0.39 is 0 Å². The van der Waals surface area contributed by atoms with E-state index in [1.54, 1.807) is 6.26 Å². The van der Waals surface area contributed by atoms with Gasteiger partial charge in [0, 0.05) is 17.6 Å². The second-order valence-corrected chi connectivity index (χ2v) is 6.70. The highest BCUT2D eigenvalue weighted by molar-refractivity contribution is 5.00. The van der Waals surface area contributed by atoms with E-state index in [1.807, 2.05) is 14.1 Å². The fraction of sp³-hybridized carbons (Fsp3) is 0.786. The molecular formula is C14H27N3O2. The van der Waals surface area contributed by atoms with Gasteiger partial charge in [0.25, 0.3) is 0 Å². The zero-order chi connectivity index (χ0) is 14.7. The Morgan fingerprint density at radius 1 is 1.26 bits per heavy atom. The van der Waals surface area contributed by atoms with Crippen molar-refractivity contribution < 1.29 is 9.15 Å². The molecule has 0 spiro atoms. The van der Waals surface area contributed by atoms with Gasteiger partial charge in [-0.1, -0.05) is 0 Å². The molecule has 0 bridgehead atoms. The highest BCUT2D eigenvalue weighted by atomic mass is 16.6. The fourth-order valence-electron chi connectivity index (χ4n) is 1.16. The minimum absolute atomic E-state index is 0.0572. The molecule has 0 amide bonds. The van der Waals surface area contributed by atoms with Crippen molar-refractivity contribution in [1.29, 1.82) is 0 Å². The zero-order valence-corrected chi connectivity index (χ0v) is 13.2. The topological polar surface area (TPSA) is 50.5 Å². The zero-order valence-electron chi connectivity index (χ0n) is 13.2. The molecule has 0 saturated carbocycles. The predicted molar refractivity (Wildman–Crippen MR) is 76.4 cm³/mol. The minimum Gasteiger partial charge on any atom is -0.448 e. The number of hydrogen-bond acceptors (Lipinski definition) is 5. The number of nitrogens with one attached hydrogen (secondary N) is 1. The summed E-state index contributed by atoms with van der Waals surface area (Å²) < 4.78 is 10.9.